The van der Waals surface area contributed by atoms with E-state index in [-0.39, 0.29) is 6.04 Å². The van der Waals surface area contributed by atoms with Crippen LogP contribution in [0.25, 0.3) is 5.69 Å². The minimum Gasteiger partial charge on any atom is -0.311 e. The number of rotatable bonds is 3. The normalized spacial score (nSPS) is 12.7. The van der Waals surface area contributed by atoms with Gasteiger partial charge in [-0.05, 0) is 59.1 Å². The average molecular weight is 329 g/mol. The third-order valence-electron chi connectivity index (χ3n) is 2.39. The first-order valence-corrected chi connectivity index (χ1v) is 6.02. The molecule has 0 saturated heterocycles. The Labute approximate surface area is 107 Å². The topological polar surface area (TPSA) is 55.6 Å². The molecule has 0 fully saturated rings. The van der Waals surface area contributed by atoms with Crippen molar-refractivity contribution in [2.24, 2.45) is 0 Å². The van der Waals surface area contributed by atoms with Gasteiger partial charge in [-0.1, -0.05) is 12.1 Å². The predicted molar refractivity (Wildman–Crippen MR) is 69.3 cm³/mol. The number of nitrogens with zero attached hydrogens (tertiary/aromatic N) is 4. The standard InChI is InChI=1S/C10H12IN5/c1-7(12-2)10-13-14-15-16(10)9-6-4-3-5-8(9)11/h3-7,12H,1-2H3. The summed E-state index contributed by atoms with van der Waals surface area (Å²) in [6.07, 6.45) is 0. The van der Waals surface area contributed by atoms with E-state index in [0.29, 0.717) is 0 Å². The second-order valence-corrected chi connectivity index (χ2v) is 4.57. The molecule has 5 nitrogen and oxygen atoms in total. The summed E-state index contributed by atoms with van der Waals surface area (Å²) in [7, 11) is 1.89. The number of hydrogen-bond acceptors (Lipinski definition) is 4. The SMILES string of the molecule is CNC(C)c1nnnn1-c1ccccc1I. The molecular weight excluding hydrogens is 317 g/mol. The molecule has 6 heteroatoms. The lowest BCUT2D eigenvalue weighted by Gasteiger charge is -2.11. The average Bonchev–Trinajstić information content (AvgIpc) is 2.77. The van der Waals surface area contributed by atoms with Gasteiger partial charge in [-0.3, -0.25) is 0 Å². The van der Waals surface area contributed by atoms with Crippen molar-refractivity contribution < 1.29 is 0 Å². The van der Waals surface area contributed by atoms with Crippen molar-refractivity contribution in [2.75, 3.05) is 7.05 Å². The summed E-state index contributed by atoms with van der Waals surface area (Å²) in [5.41, 5.74) is 1.00. The number of benzene rings is 1. The van der Waals surface area contributed by atoms with E-state index < -0.39 is 0 Å². The molecule has 0 aliphatic heterocycles. The van der Waals surface area contributed by atoms with Crippen molar-refractivity contribution in [1.29, 1.82) is 0 Å². The van der Waals surface area contributed by atoms with E-state index in [2.05, 4.69) is 43.4 Å². The molecule has 1 heterocycles. The lowest BCUT2D eigenvalue weighted by molar-refractivity contribution is 0.588. The lowest BCUT2D eigenvalue weighted by Crippen LogP contribution is -2.18. The summed E-state index contributed by atoms with van der Waals surface area (Å²) in [5.74, 6) is 0.812. The summed E-state index contributed by atoms with van der Waals surface area (Å²) >= 11 is 2.28. The smallest absolute Gasteiger partial charge is 0.173 e. The Balaban J connectivity index is 2.49. The predicted octanol–water partition coefficient (Wildman–Crippen LogP) is 1.55. The van der Waals surface area contributed by atoms with Crippen LogP contribution in [0.2, 0.25) is 0 Å². The van der Waals surface area contributed by atoms with Gasteiger partial charge in [0, 0.05) is 3.57 Å². The summed E-state index contributed by atoms with van der Waals surface area (Å²) in [5, 5.41) is 14.9. The van der Waals surface area contributed by atoms with E-state index in [1.54, 1.807) is 4.68 Å². The number of halogens is 1. The Morgan fingerprint density at radius 2 is 2.12 bits per heavy atom. The summed E-state index contributed by atoms with van der Waals surface area (Å²) < 4.78 is 2.89. The monoisotopic (exact) mass is 329 g/mol. The van der Waals surface area contributed by atoms with Gasteiger partial charge in [0.2, 0.25) is 0 Å². The van der Waals surface area contributed by atoms with Gasteiger partial charge in [-0.15, -0.1) is 5.10 Å². The van der Waals surface area contributed by atoms with E-state index in [9.17, 15) is 0 Å². The van der Waals surface area contributed by atoms with Crippen LogP contribution in [0.15, 0.2) is 24.3 Å². The fraction of sp³-hybridized carbons (Fsp3) is 0.300. The fourth-order valence-electron chi connectivity index (χ4n) is 1.39. The molecule has 0 bridgehead atoms. The molecule has 1 unspecified atom stereocenters. The van der Waals surface area contributed by atoms with Crippen LogP contribution < -0.4 is 5.32 Å². The van der Waals surface area contributed by atoms with Crippen molar-refractivity contribution in [1.82, 2.24) is 25.5 Å². The quantitative estimate of drug-likeness (QED) is 0.868. The molecule has 1 aromatic carbocycles. The first-order chi connectivity index (χ1) is 7.74. The third kappa shape index (κ3) is 2.07. The first-order valence-electron chi connectivity index (χ1n) is 4.94. The van der Waals surface area contributed by atoms with Crippen molar-refractivity contribution in [3.63, 3.8) is 0 Å². The van der Waals surface area contributed by atoms with Crippen LogP contribution in [-0.2, 0) is 0 Å². The van der Waals surface area contributed by atoms with Gasteiger partial charge in [0.05, 0.1) is 11.7 Å². The highest BCUT2D eigenvalue weighted by Crippen LogP contribution is 2.18. The van der Waals surface area contributed by atoms with Gasteiger partial charge < -0.3 is 5.32 Å². The van der Waals surface area contributed by atoms with Gasteiger partial charge in [-0.25, -0.2) is 0 Å². The third-order valence-corrected chi connectivity index (χ3v) is 3.31. The van der Waals surface area contributed by atoms with Crippen LogP contribution in [0.1, 0.15) is 18.8 Å². The van der Waals surface area contributed by atoms with E-state index in [1.807, 2.05) is 38.2 Å². The highest BCUT2D eigenvalue weighted by molar-refractivity contribution is 14.1. The van der Waals surface area contributed by atoms with Gasteiger partial charge in [-0.2, -0.15) is 4.68 Å². The molecule has 2 rings (SSSR count). The zero-order chi connectivity index (χ0) is 11.5. The molecule has 1 atom stereocenters. The Bertz CT molecular complexity index is 482. The lowest BCUT2D eigenvalue weighted by atomic mass is 10.3. The van der Waals surface area contributed by atoms with Crippen LogP contribution >= 0.6 is 22.6 Å². The van der Waals surface area contributed by atoms with Crippen LogP contribution in [-0.4, -0.2) is 27.3 Å². The maximum atomic E-state index is 4.04. The van der Waals surface area contributed by atoms with Gasteiger partial charge in [0.15, 0.2) is 5.82 Å². The molecule has 16 heavy (non-hydrogen) atoms. The zero-order valence-corrected chi connectivity index (χ0v) is 11.2. The molecule has 0 saturated carbocycles. The van der Waals surface area contributed by atoms with Crippen LogP contribution in [0.3, 0.4) is 0 Å². The maximum absolute atomic E-state index is 4.04. The molecular formula is C10H12IN5. The molecule has 0 spiro atoms. The first kappa shape index (κ1) is 11.5. The fourth-order valence-corrected chi connectivity index (χ4v) is 2.00. The number of para-hydroxylation sites is 1. The van der Waals surface area contributed by atoms with Crippen LogP contribution in [0, 0.1) is 3.57 Å². The number of tetrazole rings is 1. The molecule has 0 amide bonds. The van der Waals surface area contributed by atoms with E-state index in [4.69, 9.17) is 0 Å². The van der Waals surface area contributed by atoms with E-state index >= 15 is 0 Å². The molecule has 0 radical (unpaired) electrons. The van der Waals surface area contributed by atoms with Crippen molar-refractivity contribution in [3.8, 4) is 5.69 Å². The highest BCUT2D eigenvalue weighted by atomic mass is 127. The van der Waals surface area contributed by atoms with Crippen molar-refractivity contribution in [2.45, 2.75) is 13.0 Å². The molecule has 2 aromatic rings. The zero-order valence-electron chi connectivity index (χ0n) is 9.05. The van der Waals surface area contributed by atoms with Crippen molar-refractivity contribution >= 4 is 22.6 Å². The molecule has 0 aliphatic carbocycles. The second kappa shape index (κ2) is 4.88. The Kier molecular flexibility index (Phi) is 3.49. The Morgan fingerprint density at radius 3 is 2.81 bits per heavy atom. The van der Waals surface area contributed by atoms with E-state index in [1.165, 1.54) is 0 Å². The van der Waals surface area contributed by atoms with E-state index in [0.717, 1.165) is 15.1 Å². The number of aromatic nitrogens is 4. The van der Waals surface area contributed by atoms with Gasteiger partial charge in [0.25, 0.3) is 0 Å². The minimum atomic E-state index is 0.117. The van der Waals surface area contributed by atoms with Crippen LogP contribution in [0.5, 0.6) is 0 Å². The largest absolute Gasteiger partial charge is 0.311 e. The van der Waals surface area contributed by atoms with Crippen molar-refractivity contribution in [3.05, 3.63) is 33.7 Å². The second-order valence-electron chi connectivity index (χ2n) is 3.41. The molecule has 84 valence electrons. The minimum absolute atomic E-state index is 0.117. The number of hydrogen-bond donors (Lipinski definition) is 1. The Hall–Kier alpha value is -1.02. The molecule has 1 N–H and O–H groups in total. The molecule has 0 aliphatic rings. The highest BCUT2D eigenvalue weighted by Gasteiger charge is 2.15. The summed E-state index contributed by atoms with van der Waals surface area (Å²) in [4.78, 5) is 0. The number of nitrogens with one attached hydrogen (secondary N) is 1. The van der Waals surface area contributed by atoms with Crippen LogP contribution in [0.4, 0.5) is 0 Å². The summed E-state index contributed by atoms with van der Waals surface area (Å²) in [6, 6.07) is 8.13. The maximum Gasteiger partial charge on any atom is 0.173 e. The molecule has 1 aromatic heterocycles. The van der Waals surface area contributed by atoms with Gasteiger partial charge >= 0.3 is 0 Å². The Morgan fingerprint density at radius 1 is 1.38 bits per heavy atom. The summed E-state index contributed by atoms with van der Waals surface area (Å²) in [6.45, 7) is 2.03. The van der Waals surface area contributed by atoms with Gasteiger partial charge in [0.1, 0.15) is 0 Å².